The number of ether oxygens (including phenoxy) is 1. The van der Waals surface area contributed by atoms with Crippen molar-refractivity contribution in [1.82, 2.24) is 16.0 Å². The fourth-order valence-corrected chi connectivity index (χ4v) is 2.52. The smallest absolute Gasteiger partial charge is 0.314 e. The Bertz CT molecular complexity index is 530. The third-order valence-electron chi connectivity index (χ3n) is 3.90. The van der Waals surface area contributed by atoms with Crippen molar-refractivity contribution in [3.63, 3.8) is 0 Å². The predicted octanol–water partition coefficient (Wildman–Crippen LogP) is 1.67. The van der Waals surface area contributed by atoms with E-state index in [1.165, 1.54) is 24.3 Å². The molecule has 0 aliphatic carbocycles. The van der Waals surface area contributed by atoms with Gasteiger partial charge in [0.05, 0.1) is 0 Å². The molecule has 0 saturated carbocycles. The first-order valence-corrected chi connectivity index (χ1v) is 8.28. The summed E-state index contributed by atoms with van der Waals surface area (Å²) in [6, 6.07) is 5.06. The highest BCUT2D eigenvalue weighted by Crippen LogP contribution is 2.17. The normalized spacial score (nSPS) is 16.6. The van der Waals surface area contributed by atoms with Gasteiger partial charge in [-0.1, -0.05) is 0 Å². The molecule has 3 amide bonds. The lowest BCUT2D eigenvalue weighted by Gasteiger charge is -2.10. The molecule has 0 bridgehead atoms. The molecule has 1 aromatic rings. The molecule has 6 nitrogen and oxygen atoms in total. The van der Waals surface area contributed by atoms with Crippen molar-refractivity contribution in [1.29, 1.82) is 0 Å². The molecule has 1 heterocycles. The number of benzene rings is 1. The van der Waals surface area contributed by atoms with E-state index in [4.69, 9.17) is 4.74 Å². The largest absolute Gasteiger partial charge is 0.381 e. The highest BCUT2D eigenvalue weighted by Gasteiger charge is 2.14. The molecule has 7 heteroatoms. The van der Waals surface area contributed by atoms with Crippen LogP contribution in [0, 0.1) is 11.7 Å². The van der Waals surface area contributed by atoms with Gasteiger partial charge in [-0.15, -0.1) is 0 Å². The van der Waals surface area contributed by atoms with Crippen molar-refractivity contribution in [3.8, 4) is 0 Å². The molecule has 3 N–H and O–H groups in total. The maximum absolute atomic E-state index is 12.8. The fourth-order valence-electron chi connectivity index (χ4n) is 2.52. The molecule has 1 aliphatic rings. The molecule has 2 rings (SSSR count). The second-order valence-corrected chi connectivity index (χ2v) is 5.82. The topological polar surface area (TPSA) is 79.5 Å². The Morgan fingerprint density at radius 2 is 1.79 bits per heavy atom. The second-order valence-electron chi connectivity index (χ2n) is 5.82. The summed E-state index contributed by atoms with van der Waals surface area (Å²) in [4.78, 5) is 23.4. The van der Waals surface area contributed by atoms with Crippen LogP contribution in [0.15, 0.2) is 24.3 Å². The lowest BCUT2D eigenvalue weighted by molar-refractivity contribution is 0.0953. The Labute approximate surface area is 141 Å². The number of nitrogens with one attached hydrogen (secondary N) is 3. The molecular weight excluding hydrogens is 313 g/mol. The van der Waals surface area contributed by atoms with Gasteiger partial charge in [-0.2, -0.15) is 0 Å². The minimum Gasteiger partial charge on any atom is -0.381 e. The number of hydrogen-bond acceptors (Lipinski definition) is 3. The average Bonchev–Trinajstić information content (AvgIpc) is 3.09. The van der Waals surface area contributed by atoms with E-state index in [0.717, 1.165) is 32.5 Å². The van der Waals surface area contributed by atoms with Crippen LogP contribution < -0.4 is 16.0 Å². The van der Waals surface area contributed by atoms with Crippen molar-refractivity contribution >= 4 is 11.9 Å². The molecule has 1 fully saturated rings. The Morgan fingerprint density at radius 1 is 1.08 bits per heavy atom. The van der Waals surface area contributed by atoms with Crippen LogP contribution in [0.2, 0.25) is 0 Å². The van der Waals surface area contributed by atoms with Gasteiger partial charge in [0.25, 0.3) is 5.91 Å². The van der Waals surface area contributed by atoms with Crippen LogP contribution in [0.4, 0.5) is 9.18 Å². The molecule has 1 aromatic carbocycles. The minimum atomic E-state index is -0.384. The van der Waals surface area contributed by atoms with Crippen LogP contribution in [0.1, 0.15) is 29.6 Å². The quantitative estimate of drug-likeness (QED) is 0.631. The van der Waals surface area contributed by atoms with E-state index < -0.39 is 0 Å². The van der Waals surface area contributed by atoms with Gasteiger partial charge in [-0.05, 0) is 49.4 Å². The maximum atomic E-state index is 12.8. The van der Waals surface area contributed by atoms with Crippen LogP contribution >= 0.6 is 0 Å². The molecule has 0 aromatic heterocycles. The number of carbonyl (C=O) groups is 2. The third kappa shape index (κ3) is 6.54. The summed E-state index contributed by atoms with van der Waals surface area (Å²) in [7, 11) is 0. The van der Waals surface area contributed by atoms with Crippen LogP contribution in [0.25, 0.3) is 0 Å². The van der Waals surface area contributed by atoms with E-state index in [-0.39, 0.29) is 17.8 Å². The summed E-state index contributed by atoms with van der Waals surface area (Å²) in [6.45, 7) is 2.95. The van der Waals surface area contributed by atoms with E-state index >= 15 is 0 Å². The highest BCUT2D eigenvalue weighted by atomic mass is 19.1. The summed E-state index contributed by atoms with van der Waals surface area (Å²) in [5, 5.41) is 8.13. The molecule has 0 radical (unpaired) electrons. The number of halogens is 1. The number of carbonyl (C=O) groups excluding carboxylic acids is 2. The molecule has 1 saturated heterocycles. The number of hydrogen-bond donors (Lipinski definition) is 3. The number of amides is 3. The Morgan fingerprint density at radius 3 is 2.50 bits per heavy atom. The number of urea groups is 1. The van der Waals surface area contributed by atoms with E-state index in [9.17, 15) is 14.0 Å². The van der Waals surface area contributed by atoms with E-state index in [0.29, 0.717) is 31.1 Å². The van der Waals surface area contributed by atoms with Crippen molar-refractivity contribution in [2.24, 2.45) is 5.92 Å². The first-order chi connectivity index (χ1) is 11.6. The first kappa shape index (κ1) is 18.2. The highest BCUT2D eigenvalue weighted by molar-refractivity contribution is 5.94. The maximum Gasteiger partial charge on any atom is 0.314 e. The van der Waals surface area contributed by atoms with Gasteiger partial charge >= 0.3 is 6.03 Å². The minimum absolute atomic E-state index is 0.242. The summed E-state index contributed by atoms with van der Waals surface area (Å²) < 4.78 is 18.1. The van der Waals surface area contributed by atoms with Gasteiger partial charge < -0.3 is 20.7 Å². The molecule has 24 heavy (non-hydrogen) atoms. The van der Waals surface area contributed by atoms with Gasteiger partial charge in [0, 0.05) is 38.4 Å². The predicted molar refractivity (Wildman–Crippen MR) is 88.3 cm³/mol. The van der Waals surface area contributed by atoms with E-state index in [2.05, 4.69) is 16.0 Å². The van der Waals surface area contributed by atoms with Crippen molar-refractivity contribution in [3.05, 3.63) is 35.6 Å². The number of rotatable bonds is 8. The monoisotopic (exact) mass is 337 g/mol. The molecular formula is C17H24FN3O3. The van der Waals surface area contributed by atoms with Crippen molar-refractivity contribution < 1.29 is 18.7 Å². The van der Waals surface area contributed by atoms with Crippen LogP contribution in [-0.2, 0) is 4.74 Å². The Balaban J connectivity index is 1.49. The van der Waals surface area contributed by atoms with Crippen LogP contribution in [0.3, 0.4) is 0 Å². The standard InChI is InChI=1S/C17H24FN3O3/c18-15-5-3-14(4-6-15)16(22)19-9-10-21-17(23)20-8-1-2-13-7-11-24-12-13/h3-6,13H,1-2,7-12H2,(H,19,22)(H2,20,21,23). The first-order valence-electron chi connectivity index (χ1n) is 8.28. The van der Waals surface area contributed by atoms with Gasteiger partial charge in [-0.3, -0.25) is 4.79 Å². The second kappa shape index (κ2) is 9.87. The van der Waals surface area contributed by atoms with Gasteiger partial charge in [0.1, 0.15) is 5.82 Å². The van der Waals surface area contributed by atoms with Gasteiger partial charge in [0.15, 0.2) is 0 Å². The third-order valence-corrected chi connectivity index (χ3v) is 3.90. The molecule has 0 spiro atoms. The Hall–Kier alpha value is -2.15. The van der Waals surface area contributed by atoms with E-state index in [1.54, 1.807) is 0 Å². The molecule has 132 valence electrons. The SMILES string of the molecule is O=C(NCCCC1CCOC1)NCCNC(=O)c1ccc(F)cc1. The Kier molecular flexibility index (Phi) is 7.48. The summed E-state index contributed by atoms with van der Waals surface area (Å²) in [5.41, 5.74) is 0.386. The summed E-state index contributed by atoms with van der Waals surface area (Å²) in [5.74, 6) is -0.0575. The average molecular weight is 337 g/mol. The zero-order valence-electron chi connectivity index (χ0n) is 13.6. The fraction of sp³-hybridized carbons (Fsp3) is 0.529. The zero-order chi connectivity index (χ0) is 17.2. The summed E-state index contributed by atoms with van der Waals surface area (Å²) in [6.07, 6.45) is 3.11. The lowest BCUT2D eigenvalue weighted by Crippen LogP contribution is -2.40. The van der Waals surface area contributed by atoms with Crippen LogP contribution in [0.5, 0.6) is 0 Å². The lowest BCUT2D eigenvalue weighted by atomic mass is 10.0. The van der Waals surface area contributed by atoms with Gasteiger partial charge in [0.2, 0.25) is 0 Å². The van der Waals surface area contributed by atoms with Crippen LogP contribution in [-0.4, -0.2) is 44.8 Å². The van der Waals surface area contributed by atoms with Crippen molar-refractivity contribution in [2.75, 3.05) is 32.8 Å². The summed E-state index contributed by atoms with van der Waals surface area (Å²) >= 11 is 0. The zero-order valence-corrected chi connectivity index (χ0v) is 13.6. The van der Waals surface area contributed by atoms with Crippen molar-refractivity contribution in [2.45, 2.75) is 19.3 Å². The molecule has 1 atom stereocenters. The van der Waals surface area contributed by atoms with Gasteiger partial charge in [-0.25, -0.2) is 9.18 Å². The molecule has 1 aliphatic heterocycles. The van der Waals surface area contributed by atoms with E-state index in [1.807, 2.05) is 0 Å². The molecule has 1 unspecified atom stereocenters.